The lowest BCUT2D eigenvalue weighted by molar-refractivity contribution is -0.133. The minimum atomic E-state index is -0.499. The van der Waals surface area contributed by atoms with Crippen LogP contribution in [0.5, 0.6) is 0 Å². The van der Waals surface area contributed by atoms with Crippen molar-refractivity contribution in [2.24, 2.45) is 0 Å². The molecule has 1 aromatic carbocycles. The second kappa shape index (κ2) is 8.57. The molecule has 1 aliphatic rings. The molecular weight excluding hydrogens is 304 g/mol. The van der Waals surface area contributed by atoms with Crippen molar-refractivity contribution in [2.75, 3.05) is 44.2 Å². The highest BCUT2D eigenvalue weighted by Gasteiger charge is 2.26. The Kier molecular flexibility index (Phi) is 6.46. The van der Waals surface area contributed by atoms with Crippen molar-refractivity contribution in [2.45, 2.75) is 26.8 Å². The van der Waals surface area contributed by atoms with Gasteiger partial charge >= 0.3 is 6.03 Å². The Hall–Kier alpha value is -2.24. The van der Waals surface area contributed by atoms with Gasteiger partial charge in [-0.2, -0.15) is 0 Å². The maximum Gasteiger partial charge on any atom is 0.318 e. The third kappa shape index (κ3) is 4.40. The number of amides is 3. The van der Waals surface area contributed by atoms with E-state index in [0.29, 0.717) is 26.2 Å². The molecule has 2 rings (SSSR count). The molecule has 132 valence electrons. The Bertz CT molecular complexity index is 537. The van der Waals surface area contributed by atoms with Crippen molar-refractivity contribution in [1.82, 2.24) is 15.1 Å². The molecule has 0 saturated carbocycles. The van der Waals surface area contributed by atoms with Crippen molar-refractivity contribution in [3.05, 3.63) is 30.3 Å². The summed E-state index contributed by atoms with van der Waals surface area (Å²) in [5.41, 5.74) is 1.19. The van der Waals surface area contributed by atoms with E-state index < -0.39 is 6.04 Å². The highest BCUT2D eigenvalue weighted by molar-refractivity contribution is 5.87. The zero-order valence-corrected chi connectivity index (χ0v) is 14.9. The molecule has 1 saturated heterocycles. The van der Waals surface area contributed by atoms with Crippen LogP contribution in [0.2, 0.25) is 0 Å². The van der Waals surface area contributed by atoms with E-state index in [0.717, 1.165) is 13.1 Å². The molecule has 1 heterocycles. The van der Waals surface area contributed by atoms with Crippen LogP contribution in [0.1, 0.15) is 20.8 Å². The number of para-hydroxylation sites is 1. The van der Waals surface area contributed by atoms with Crippen LogP contribution in [0.25, 0.3) is 0 Å². The smallest absolute Gasteiger partial charge is 0.318 e. The zero-order valence-electron chi connectivity index (χ0n) is 14.9. The SMILES string of the molecule is CCN(CC)C(=O)N[C@H](C)C(=O)N1CCN(c2ccccc2)CC1. The Morgan fingerprint density at radius 3 is 2.21 bits per heavy atom. The van der Waals surface area contributed by atoms with Crippen LogP contribution < -0.4 is 10.2 Å². The van der Waals surface area contributed by atoms with E-state index in [1.165, 1.54) is 5.69 Å². The number of piperazine rings is 1. The number of carbonyl (C=O) groups excluding carboxylic acids is 2. The molecule has 1 aliphatic heterocycles. The summed E-state index contributed by atoms with van der Waals surface area (Å²) >= 11 is 0. The molecule has 1 N–H and O–H groups in total. The Morgan fingerprint density at radius 1 is 1.08 bits per heavy atom. The van der Waals surface area contributed by atoms with Crippen molar-refractivity contribution in [3.8, 4) is 0 Å². The lowest BCUT2D eigenvalue weighted by Gasteiger charge is -2.37. The van der Waals surface area contributed by atoms with Crippen LogP contribution in [0.4, 0.5) is 10.5 Å². The molecule has 1 atom stereocenters. The molecule has 3 amide bonds. The molecule has 6 nitrogen and oxygen atoms in total. The van der Waals surface area contributed by atoms with Crippen LogP contribution in [0, 0.1) is 0 Å². The van der Waals surface area contributed by atoms with E-state index in [9.17, 15) is 9.59 Å². The quantitative estimate of drug-likeness (QED) is 0.894. The Balaban J connectivity index is 1.84. The number of anilines is 1. The normalized spacial score (nSPS) is 15.8. The van der Waals surface area contributed by atoms with Crippen molar-refractivity contribution < 1.29 is 9.59 Å². The van der Waals surface area contributed by atoms with Gasteiger partial charge in [0.1, 0.15) is 6.04 Å². The third-order valence-corrected chi connectivity index (χ3v) is 4.47. The van der Waals surface area contributed by atoms with Gasteiger partial charge in [-0.25, -0.2) is 4.79 Å². The van der Waals surface area contributed by atoms with Gasteiger partial charge in [-0.3, -0.25) is 4.79 Å². The van der Waals surface area contributed by atoms with Crippen LogP contribution in [-0.2, 0) is 4.79 Å². The highest BCUT2D eigenvalue weighted by atomic mass is 16.2. The molecule has 0 unspecified atom stereocenters. The van der Waals surface area contributed by atoms with Crippen LogP contribution >= 0.6 is 0 Å². The third-order valence-electron chi connectivity index (χ3n) is 4.47. The largest absolute Gasteiger partial charge is 0.368 e. The zero-order chi connectivity index (χ0) is 17.5. The number of hydrogen-bond acceptors (Lipinski definition) is 3. The van der Waals surface area contributed by atoms with E-state index in [2.05, 4.69) is 22.3 Å². The topological polar surface area (TPSA) is 55.9 Å². The first-order valence-electron chi connectivity index (χ1n) is 8.71. The average Bonchev–Trinajstić information content (AvgIpc) is 2.63. The molecule has 1 fully saturated rings. The van der Waals surface area contributed by atoms with Gasteiger partial charge in [0.05, 0.1) is 0 Å². The molecular formula is C18H28N4O2. The predicted molar refractivity (Wildman–Crippen MR) is 96.1 cm³/mol. The molecule has 0 spiro atoms. The number of carbonyl (C=O) groups is 2. The first-order valence-corrected chi connectivity index (χ1v) is 8.71. The summed E-state index contributed by atoms with van der Waals surface area (Å²) in [5, 5.41) is 2.80. The molecule has 0 aromatic heterocycles. The fourth-order valence-electron chi connectivity index (χ4n) is 2.95. The summed E-state index contributed by atoms with van der Waals surface area (Å²) in [7, 11) is 0. The van der Waals surface area contributed by atoms with Gasteiger partial charge < -0.3 is 20.0 Å². The lowest BCUT2D eigenvalue weighted by Crippen LogP contribution is -2.55. The predicted octanol–water partition coefficient (Wildman–Crippen LogP) is 1.78. The first kappa shape index (κ1) is 18.1. The van der Waals surface area contributed by atoms with Crippen LogP contribution in [0.3, 0.4) is 0 Å². The maximum atomic E-state index is 12.6. The van der Waals surface area contributed by atoms with Crippen molar-refractivity contribution in [1.29, 1.82) is 0 Å². The fraction of sp³-hybridized carbons (Fsp3) is 0.556. The minimum absolute atomic E-state index is 0.0109. The minimum Gasteiger partial charge on any atom is -0.368 e. The second-order valence-corrected chi connectivity index (χ2v) is 5.99. The summed E-state index contributed by atoms with van der Waals surface area (Å²) in [6.45, 7) is 9.87. The van der Waals surface area contributed by atoms with Crippen LogP contribution in [0.15, 0.2) is 30.3 Å². The average molecular weight is 332 g/mol. The van der Waals surface area contributed by atoms with Gasteiger partial charge in [0, 0.05) is 45.0 Å². The summed E-state index contributed by atoms with van der Waals surface area (Å²) < 4.78 is 0. The Morgan fingerprint density at radius 2 is 1.67 bits per heavy atom. The highest BCUT2D eigenvalue weighted by Crippen LogP contribution is 2.15. The number of hydrogen-bond donors (Lipinski definition) is 1. The number of urea groups is 1. The fourth-order valence-corrected chi connectivity index (χ4v) is 2.95. The van der Waals surface area contributed by atoms with Crippen LogP contribution in [-0.4, -0.2) is 67.0 Å². The molecule has 0 bridgehead atoms. The second-order valence-electron chi connectivity index (χ2n) is 5.99. The first-order chi connectivity index (χ1) is 11.6. The van der Waals surface area contributed by atoms with E-state index in [1.54, 1.807) is 11.8 Å². The van der Waals surface area contributed by atoms with E-state index in [4.69, 9.17) is 0 Å². The van der Waals surface area contributed by atoms with Gasteiger partial charge in [0.15, 0.2) is 0 Å². The molecule has 24 heavy (non-hydrogen) atoms. The molecule has 0 radical (unpaired) electrons. The summed E-state index contributed by atoms with van der Waals surface area (Å²) in [4.78, 5) is 30.4. The van der Waals surface area contributed by atoms with E-state index in [1.807, 2.05) is 36.9 Å². The lowest BCUT2D eigenvalue weighted by atomic mass is 10.2. The summed E-state index contributed by atoms with van der Waals surface area (Å²) in [6, 6.07) is 9.55. The van der Waals surface area contributed by atoms with E-state index in [-0.39, 0.29) is 11.9 Å². The Labute approximate surface area is 144 Å². The molecule has 0 aliphatic carbocycles. The van der Waals surface area contributed by atoms with E-state index >= 15 is 0 Å². The van der Waals surface area contributed by atoms with Gasteiger partial charge in [-0.05, 0) is 32.9 Å². The monoisotopic (exact) mass is 332 g/mol. The van der Waals surface area contributed by atoms with Gasteiger partial charge in [-0.1, -0.05) is 18.2 Å². The van der Waals surface area contributed by atoms with Gasteiger partial charge in [-0.15, -0.1) is 0 Å². The molecule has 1 aromatic rings. The number of rotatable bonds is 5. The standard InChI is InChI=1S/C18H28N4O2/c1-4-20(5-2)18(24)19-15(3)17(23)22-13-11-21(12-14-22)16-9-7-6-8-10-16/h6-10,15H,4-5,11-14H2,1-3H3,(H,19,24)/t15-/m1/s1. The maximum absolute atomic E-state index is 12.6. The van der Waals surface area contributed by atoms with Gasteiger partial charge in [0.25, 0.3) is 0 Å². The number of benzene rings is 1. The summed E-state index contributed by atoms with van der Waals surface area (Å²) in [6.07, 6.45) is 0. The van der Waals surface area contributed by atoms with Crippen molar-refractivity contribution in [3.63, 3.8) is 0 Å². The van der Waals surface area contributed by atoms with Crippen molar-refractivity contribution >= 4 is 17.6 Å². The molecule has 6 heteroatoms. The van der Waals surface area contributed by atoms with Gasteiger partial charge in [0.2, 0.25) is 5.91 Å². The number of nitrogens with zero attached hydrogens (tertiary/aromatic N) is 3. The summed E-state index contributed by atoms with van der Waals surface area (Å²) in [5.74, 6) is -0.0109. The number of nitrogens with one attached hydrogen (secondary N) is 1.